The summed E-state index contributed by atoms with van der Waals surface area (Å²) in [5.41, 5.74) is 0.472. The maximum Gasteiger partial charge on any atom is 0.488 e. The molecular weight excluding hydrogens is 171 g/mol. The van der Waals surface area contributed by atoms with Gasteiger partial charge in [0.25, 0.3) is 0 Å². The third kappa shape index (κ3) is 2.57. The zero-order valence-corrected chi connectivity index (χ0v) is 6.84. The van der Waals surface area contributed by atoms with Crippen LogP contribution in [-0.4, -0.2) is 28.2 Å². The van der Waals surface area contributed by atoms with Gasteiger partial charge in [-0.05, 0) is 18.0 Å². The van der Waals surface area contributed by atoms with E-state index in [-0.39, 0.29) is 5.57 Å². The first-order valence-electron chi connectivity index (χ1n) is 3.79. The average Bonchev–Trinajstić information content (AvgIpc) is 2.27. The van der Waals surface area contributed by atoms with Crippen LogP contribution in [0.2, 0.25) is 0 Å². The van der Waals surface area contributed by atoms with Crippen LogP contribution < -0.4 is 0 Å². The van der Waals surface area contributed by atoms with Crippen LogP contribution in [0.1, 0.15) is 6.42 Å². The second kappa shape index (κ2) is 4.07. The number of rotatable bonds is 2. The smallest absolute Gasteiger partial charge is 0.478 e. The van der Waals surface area contributed by atoms with Gasteiger partial charge >= 0.3 is 13.1 Å². The van der Waals surface area contributed by atoms with Crippen LogP contribution in [0, 0.1) is 0 Å². The van der Waals surface area contributed by atoms with Gasteiger partial charge in [-0.1, -0.05) is 18.2 Å². The minimum atomic E-state index is -1.54. The van der Waals surface area contributed by atoms with Gasteiger partial charge in [-0.3, -0.25) is 0 Å². The molecule has 0 aromatic carbocycles. The van der Waals surface area contributed by atoms with Crippen molar-refractivity contribution in [3.63, 3.8) is 0 Å². The minimum absolute atomic E-state index is 0.159. The van der Waals surface area contributed by atoms with Crippen LogP contribution in [0.5, 0.6) is 0 Å². The number of aliphatic carboxylic acids is 1. The molecule has 0 heterocycles. The molecule has 0 saturated carbocycles. The predicted octanol–water partition coefficient (Wildman–Crippen LogP) is -0.104. The molecule has 68 valence electrons. The fourth-order valence-corrected chi connectivity index (χ4v) is 0.994. The lowest BCUT2D eigenvalue weighted by Crippen LogP contribution is -2.13. The Hall–Kier alpha value is -1.33. The summed E-state index contributed by atoms with van der Waals surface area (Å²) in [6.45, 7) is 0. The summed E-state index contributed by atoms with van der Waals surface area (Å²) >= 11 is 0. The third-order valence-corrected chi connectivity index (χ3v) is 1.69. The molecule has 0 amide bonds. The molecule has 0 aliphatic heterocycles. The molecule has 0 bridgehead atoms. The van der Waals surface area contributed by atoms with E-state index in [1.54, 1.807) is 6.08 Å². The number of carbonyl (C=O) groups is 1. The molecule has 0 aromatic heterocycles. The maximum atomic E-state index is 10.5. The molecule has 0 fully saturated rings. The van der Waals surface area contributed by atoms with Crippen molar-refractivity contribution in [3.8, 4) is 0 Å². The summed E-state index contributed by atoms with van der Waals surface area (Å²) in [5, 5.41) is 26.2. The van der Waals surface area contributed by atoms with E-state index in [4.69, 9.17) is 15.2 Å². The van der Waals surface area contributed by atoms with E-state index in [9.17, 15) is 4.79 Å². The predicted molar refractivity (Wildman–Crippen MR) is 47.8 cm³/mol. The molecule has 0 atom stereocenters. The Balaban J connectivity index is 2.80. The molecule has 0 aromatic rings. The summed E-state index contributed by atoms with van der Waals surface area (Å²) in [6, 6.07) is 0. The zero-order chi connectivity index (χ0) is 9.84. The zero-order valence-electron chi connectivity index (χ0n) is 6.84. The molecule has 0 saturated heterocycles. The van der Waals surface area contributed by atoms with Crippen LogP contribution in [0.25, 0.3) is 0 Å². The highest BCUT2D eigenvalue weighted by atomic mass is 16.4. The van der Waals surface area contributed by atoms with Crippen LogP contribution in [0.3, 0.4) is 0 Å². The van der Waals surface area contributed by atoms with Crippen molar-refractivity contribution in [2.24, 2.45) is 0 Å². The topological polar surface area (TPSA) is 77.8 Å². The third-order valence-electron chi connectivity index (χ3n) is 1.69. The van der Waals surface area contributed by atoms with Crippen LogP contribution in [-0.2, 0) is 4.79 Å². The van der Waals surface area contributed by atoms with Crippen LogP contribution >= 0.6 is 0 Å². The lowest BCUT2D eigenvalue weighted by atomic mass is 9.79. The van der Waals surface area contributed by atoms with Crippen molar-refractivity contribution in [2.75, 3.05) is 0 Å². The van der Waals surface area contributed by atoms with Gasteiger partial charge < -0.3 is 15.2 Å². The van der Waals surface area contributed by atoms with Gasteiger partial charge in [-0.25, -0.2) is 4.79 Å². The lowest BCUT2D eigenvalue weighted by molar-refractivity contribution is -0.132. The Morgan fingerprint density at radius 3 is 2.54 bits per heavy atom. The van der Waals surface area contributed by atoms with Gasteiger partial charge in [0.05, 0.1) is 5.57 Å². The number of hydrogen-bond acceptors (Lipinski definition) is 3. The molecule has 1 rings (SSSR count). The second-order valence-corrected chi connectivity index (χ2v) is 2.61. The first kappa shape index (κ1) is 9.76. The van der Waals surface area contributed by atoms with Crippen molar-refractivity contribution in [3.05, 3.63) is 35.3 Å². The fourth-order valence-electron chi connectivity index (χ4n) is 0.994. The van der Waals surface area contributed by atoms with Gasteiger partial charge in [0.1, 0.15) is 0 Å². The second-order valence-electron chi connectivity index (χ2n) is 2.61. The van der Waals surface area contributed by atoms with Crippen LogP contribution in [0.15, 0.2) is 35.3 Å². The highest BCUT2D eigenvalue weighted by Gasteiger charge is 2.13. The Morgan fingerprint density at radius 1 is 1.31 bits per heavy atom. The van der Waals surface area contributed by atoms with Crippen molar-refractivity contribution >= 4 is 13.1 Å². The van der Waals surface area contributed by atoms with E-state index in [1.165, 1.54) is 18.2 Å². The first-order chi connectivity index (χ1) is 6.11. The molecule has 1 aliphatic carbocycles. The van der Waals surface area contributed by atoms with Gasteiger partial charge in [0.15, 0.2) is 0 Å². The molecule has 0 spiro atoms. The van der Waals surface area contributed by atoms with Crippen molar-refractivity contribution < 1.29 is 19.9 Å². The standard InChI is InChI=1S/C8H9BO4/c10-8(11)6-2-1-3-7(5-4-6)9(12)13/h2-5,12-13H,1H2,(H,10,11). The van der Waals surface area contributed by atoms with Crippen molar-refractivity contribution in [1.82, 2.24) is 0 Å². The summed E-state index contributed by atoms with van der Waals surface area (Å²) in [6.07, 6.45) is 6.20. The molecule has 4 nitrogen and oxygen atoms in total. The monoisotopic (exact) mass is 180 g/mol. The fraction of sp³-hybridized carbons (Fsp3) is 0.125. The summed E-state index contributed by atoms with van der Waals surface area (Å²) in [4.78, 5) is 10.5. The molecular formula is C8H9BO4. The number of hydrogen-bond donors (Lipinski definition) is 3. The number of allylic oxidation sites excluding steroid dienone is 4. The van der Waals surface area contributed by atoms with Crippen LogP contribution in [0.4, 0.5) is 0 Å². The van der Waals surface area contributed by atoms with E-state index in [2.05, 4.69) is 0 Å². The SMILES string of the molecule is O=C(O)C1=CCC=C(B(O)O)C=C1. The quantitative estimate of drug-likeness (QED) is 0.518. The van der Waals surface area contributed by atoms with Crippen molar-refractivity contribution in [2.45, 2.75) is 6.42 Å². The minimum Gasteiger partial charge on any atom is -0.478 e. The normalized spacial score (nSPS) is 15.8. The molecule has 0 radical (unpaired) electrons. The van der Waals surface area contributed by atoms with Gasteiger partial charge in [0, 0.05) is 0 Å². The Kier molecular flexibility index (Phi) is 3.05. The number of carboxylic acids is 1. The van der Waals surface area contributed by atoms with E-state index in [1.807, 2.05) is 0 Å². The Labute approximate surface area is 75.7 Å². The van der Waals surface area contributed by atoms with E-state index < -0.39 is 13.1 Å². The van der Waals surface area contributed by atoms with Gasteiger partial charge in [-0.2, -0.15) is 0 Å². The molecule has 13 heavy (non-hydrogen) atoms. The largest absolute Gasteiger partial charge is 0.488 e. The van der Waals surface area contributed by atoms with E-state index in [0.29, 0.717) is 11.9 Å². The Morgan fingerprint density at radius 2 is 2.00 bits per heavy atom. The highest BCUT2D eigenvalue weighted by Crippen LogP contribution is 2.11. The lowest BCUT2D eigenvalue weighted by Gasteiger charge is -1.96. The average molecular weight is 180 g/mol. The van der Waals surface area contributed by atoms with E-state index in [0.717, 1.165) is 0 Å². The van der Waals surface area contributed by atoms with Gasteiger partial charge in [-0.15, -0.1) is 0 Å². The van der Waals surface area contributed by atoms with Crippen molar-refractivity contribution in [1.29, 1.82) is 0 Å². The van der Waals surface area contributed by atoms with Gasteiger partial charge in [0.2, 0.25) is 0 Å². The summed E-state index contributed by atoms with van der Waals surface area (Å²) in [5.74, 6) is -1.02. The molecule has 3 N–H and O–H groups in total. The number of carboxylic acid groups (broad SMARTS) is 1. The molecule has 1 aliphatic rings. The van der Waals surface area contributed by atoms with E-state index >= 15 is 0 Å². The summed E-state index contributed by atoms with van der Waals surface area (Å²) < 4.78 is 0. The molecule has 0 unspecified atom stereocenters. The molecule has 5 heteroatoms. The first-order valence-corrected chi connectivity index (χ1v) is 3.79. The summed E-state index contributed by atoms with van der Waals surface area (Å²) in [7, 11) is -1.54. The maximum absolute atomic E-state index is 10.5. The highest BCUT2D eigenvalue weighted by molar-refractivity contribution is 6.51. The Bertz CT molecular complexity index is 301.